The van der Waals surface area contributed by atoms with Gasteiger partial charge in [0.05, 0.1) is 0 Å². The van der Waals surface area contributed by atoms with E-state index in [4.69, 9.17) is 10.5 Å². The first-order valence-electron chi connectivity index (χ1n) is 5.81. The summed E-state index contributed by atoms with van der Waals surface area (Å²) in [4.78, 5) is 0. The fourth-order valence-electron chi connectivity index (χ4n) is 2.08. The van der Waals surface area contributed by atoms with E-state index in [0.29, 0.717) is 0 Å². The molecule has 3 N–H and O–H groups in total. The number of nitrogens with two attached hydrogens (primary N) is 1. The van der Waals surface area contributed by atoms with E-state index < -0.39 is 0 Å². The predicted octanol–water partition coefficient (Wildman–Crippen LogP) is 2.04. The first-order valence-corrected chi connectivity index (χ1v) is 5.81. The quantitative estimate of drug-likeness (QED) is 0.750. The van der Waals surface area contributed by atoms with Crippen LogP contribution in [0.5, 0.6) is 5.75 Å². The number of nitrogens with one attached hydrogen (secondary N) is 1. The second kappa shape index (κ2) is 4.34. The molecule has 1 fully saturated rings. The van der Waals surface area contributed by atoms with Crippen molar-refractivity contribution in [3.05, 3.63) is 24.3 Å². The molecule has 1 unspecified atom stereocenters. The van der Waals surface area contributed by atoms with Crippen molar-refractivity contribution in [1.82, 2.24) is 5.32 Å². The second-order valence-electron chi connectivity index (χ2n) is 5.13. The van der Waals surface area contributed by atoms with E-state index in [1.165, 1.54) is 0 Å². The van der Waals surface area contributed by atoms with E-state index in [2.05, 4.69) is 19.2 Å². The minimum atomic E-state index is 0.180. The summed E-state index contributed by atoms with van der Waals surface area (Å²) in [5.41, 5.74) is 6.60. The van der Waals surface area contributed by atoms with Gasteiger partial charge in [-0.1, -0.05) is 13.8 Å². The van der Waals surface area contributed by atoms with Crippen LogP contribution in [0.4, 0.5) is 5.69 Å². The zero-order valence-corrected chi connectivity index (χ0v) is 9.99. The molecule has 0 radical (unpaired) electrons. The average molecular weight is 220 g/mol. The molecule has 1 aromatic carbocycles. The lowest BCUT2D eigenvalue weighted by Gasteiger charge is -2.38. The number of nitrogen functional groups attached to an aromatic ring is 1. The summed E-state index contributed by atoms with van der Waals surface area (Å²) in [6.07, 6.45) is 1.33. The SMILES string of the molecule is CC1(C)CNCCC1Oc1ccc(N)cc1. The summed E-state index contributed by atoms with van der Waals surface area (Å²) in [6, 6.07) is 7.63. The number of piperidine rings is 1. The van der Waals surface area contributed by atoms with Gasteiger partial charge in [-0.05, 0) is 37.2 Å². The van der Waals surface area contributed by atoms with E-state index in [1.54, 1.807) is 0 Å². The smallest absolute Gasteiger partial charge is 0.119 e. The van der Waals surface area contributed by atoms with Crippen molar-refractivity contribution >= 4 is 5.69 Å². The molecule has 1 aromatic rings. The van der Waals surface area contributed by atoms with Crippen LogP contribution in [-0.4, -0.2) is 19.2 Å². The third kappa shape index (κ3) is 2.47. The first kappa shape index (κ1) is 11.3. The number of rotatable bonds is 2. The molecule has 2 rings (SSSR count). The van der Waals surface area contributed by atoms with E-state index in [9.17, 15) is 0 Å². The highest BCUT2D eigenvalue weighted by atomic mass is 16.5. The molecule has 0 aromatic heterocycles. The highest BCUT2D eigenvalue weighted by Crippen LogP contribution is 2.29. The molecule has 0 saturated carbocycles. The maximum atomic E-state index is 6.03. The number of anilines is 1. The fraction of sp³-hybridized carbons (Fsp3) is 0.538. The zero-order chi connectivity index (χ0) is 11.6. The van der Waals surface area contributed by atoms with Crippen LogP contribution in [0.3, 0.4) is 0 Å². The monoisotopic (exact) mass is 220 g/mol. The van der Waals surface area contributed by atoms with Crippen LogP contribution in [0.15, 0.2) is 24.3 Å². The molecule has 88 valence electrons. The predicted molar refractivity (Wildman–Crippen MR) is 66.5 cm³/mol. The van der Waals surface area contributed by atoms with Gasteiger partial charge in [-0.25, -0.2) is 0 Å². The standard InChI is InChI=1S/C13H20N2O/c1-13(2)9-15-8-7-12(13)16-11-5-3-10(14)4-6-11/h3-6,12,15H,7-9,14H2,1-2H3. The Kier molecular flexibility index (Phi) is 3.06. The molecule has 1 heterocycles. The zero-order valence-electron chi connectivity index (χ0n) is 9.99. The lowest BCUT2D eigenvalue weighted by molar-refractivity contribution is 0.0451. The second-order valence-corrected chi connectivity index (χ2v) is 5.13. The minimum Gasteiger partial charge on any atom is -0.490 e. The van der Waals surface area contributed by atoms with Crippen LogP contribution in [0.25, 0.3) is 0 Å². The van der Waals surface area contributed by atoms with E-state index in [1.807, 2.05) is 24.3 Å². The number of hydrogen-bond donors (Lipinski definition) is 2. The molecule has 1 atom stereocenters. The van der Waals surface area contributed by atoms with Crippen molar-refractivity contribution in [2.24, 2.45) is 5.41 Å². The highest BCUT2D eigenvalue weighted by molar-refractivity contribution is 5.41. The van der Waals surface area contributed by atoms with Gasteiger partial charge in [0.15, 0.2) is 0 Å². The maximum Gasteiger partial charge on any atom is 0.119 e. The fourth-order valence-corrected chi connectivity index (χ4v) is 2.08. The molecule has 0 aliphatic carbocycles. The van der Waals surface area contributed by atoms with Gasteiger partial charge in [0.2, 0.25) is 0 Å². The molecule has 1 aliphatic rings. The van der Waals surface area contributed by atoms with Crippen molar-refractivity contribution in [2.75, 3.05) is 18.8 Å². The van der Waals surface area contributed by atoms with Crippen molar-refractivity contribution < 1.29 is 4.74 Å². The molecule has 16 heavy (non-hydrogen) atoms. The topological polar surface area (TPSA) is 47.3 Å². The van der Waals surface area contributed by atoms with Gasteiger partial charge >= 0.3 is 0 Å². The van der Waals surface area contributed by atoms with Crippen LogP contribution in [0.1, 0.15) is 20.3 Å². The van der Waals surface area contributed by atoms with Gasteiger partial charge in [0.1, 0.15) is 11.9 Å². The van der Waals surface area contributed by atoms with Gasteiger partial charge in [-0.15, -0.1) is 0 Å². The Morgan fingerprint density at radius 3 is 2.62 bits per heavy atom. The largest absolute Gasteiger partial charge is 0.490 e. The summed E-state index contributed by atoms with van der Waals surface area (Å²) in [5, 5.41) is 3.40. The van der Waals surface area contributed by atoms with Crippen LogP contribution in [-0.2, 0) is 0 Å². The summed E-state index contributed by atoms with van der Waals surface area (Å²) >= 11 is 0. The van der Waals surface area contributed by atoms with Crippen molar-refractivity contribution in [2.45, 2.75) is 26.4 Å². The van der Waals surface area contributed by atoms with Crippen LogP contribution < -0.4 is 15.8 Å². The number of benzene rings is 1. The molecule has 0 spiro atoms. The van der Waals surface area contributed by atoms with Crippen molar-refractivity contribution in [3.8, 4) is 5.75 Å². The van der Waals surface area contributed by atoms with Gasteiger partial charge < -0.3 is 15.8 Å². The van der Waals surface area contributed by atoms with Crippen molar-refractivity contribution in [1.29, 1.82) is 0 Å². The number of ether oxygens (including phenoxy) is 1. The van der Waals surface area contributed by atoms with Gasteiger partial charge in [-0.3, -0.25) is 0 Å². The Balaban J connectivity index is 2.05. The van der Waals surface area contributed by atoms with Crippen LogP contribution in [0, 0.1) is 5.41 Å². The Morgan fingerprint density at radius 1 is 1.31 bits per heavy atom. The van der Waals surface area contributed by atoms with Crippen LogP contribution in [0.2, 0.25) is 0 Å². The van der Waals surface area contributed by atoms with E-state index in [-0.39, 0.29) is 11.5 Å². The molecule has 0 bridgehead atoms. The Labute approximate surface area is 97.0 Å². The Hall–Kier alpha value is -1.22. The van der Waals surface area contributed by atoms with Gasteiger partial charge in [0.25, 0.3) is 0 Å². The third-order valence-electron chi connectivity index (χ3n) is 3.19. The lowest BCUT2D eigenvalue weighted by Crippen LogP contribution is -2.48. The molecule has 0 amide bonds. The average Bonchev–Trinajstić information content (AvgIpc) is 2.24. The van der Waals surface area contributed by atoms with Gasteiger partial charge in [0, 0.05) is 17.6 Å². The summed E-state index contributed by atoms with van der Waals surface area (Å²) < 4.78 is 6.03. The first-order chi connectivity index (χ1) is 7.58. The maximum absolute atomic E-state index is 6.03. The molecule has 3 nitrogen and oxygen atoms in total. The molecular formula is C13H20N2O. The molecular weight excluding hydrogens is 200 g/mol. The summed E-state index contributed by atoms with van der Waals surface area (Å²) in [7, 11) is 0. The van der Waals surface area contributed by atoms with Gasteiger partial charge in [-0.2, -0.15) is 0 Å². The Bertz CT molecular complexity index is 345. The van der Waals surface area contributed by atoms with E-state index in [0.717, 1.165) is 30.9 Å². The third-order valence-corrected chi connectivity index (χ3v) is 3.19. The lowest BCUT2D eigenvalue weighted by atomic mass is 9.82. The van der Waals surface area contributed by atoms with Crippen LogP contribution >= 0.6 is 0 Å². The molecule has 1 aliphatic heterocycles. The number of hydrogen-bond acceptors (Lipinski definition) is 3. The Morgan fingerprint density at radius 2 is 2.00 bits per heavy atom. The molecule has 3 heteroatoms. The summed E-state index contributed by atoms with van der Waals surface area (Å²) in [6.45, 7) is 6.51. The highest BCUT2D eigenvalue weighted by Gasteiger charge is 2.33. The normalized spacial score (nSPS) is 24.0. The van der Waals surface area contributed by atoms with Crippen molar-refractivity contribution in [3.63, 3.8) is 0 Å². The van der Waals surface area contributed by atoms with E-state index >= 15 is 0 Å². The minimum absolute atomic E-state index is 0.180. The molecule has 1 saturated heterocycles. The summed E-state index contributed by atoms with van der Waals surface area (Å²) in [5.74, 6) is 0.911.